The molecule has 0 saturated carbocycles. The lowest BCUT2D eigenvalue weighted by molar-refractivity contribution is -0.111. The summed E-state index contributed by atoms with van der Waals surface area (Å²) in [5.41, 5.74) is 4.21. The molecule has 3 aromatic carbocycles. The third-order valence-corrected chi connectivity index (χ3v) is 6.85. The number of hydrogen-bond acceptors (Lipinski definition) is 3. The minimum Gasteiger partial charge on any atom is -0.322 e. The fourth-order valence-electron chi connectivity index (χ4n) is 3.49. The van der Waals surface area contributed by atoms with Crippen molar-refractivity contribution in [2.45, 2.75) is 6.42 Å². The van der Waals surface area contributed by atoms with Crippen molar-refractivity contribution < 1.29 is 13.2 Å². The molecule has 152 valence electrons. The maximum absolute atomic E-state index is 12.4. The summed E-state index contributed by atoms with van der Waals surface area (Å²) in [5, 5.41) is 2.93. The zero-order valence-corrected chi connectivity index (χ0v) is 17.2. The topological polar surface area (TPSA) is 66.5 Å². The van der Waals surface area contributed by atoms with Gasteiger partial charge in [-0.2, -0.15) is 0 Å². The molecule has 1 N–H and O–H groups in total. The van der Waals surface area contributed by atoms with Crippen LogP contribution in [0.5, 0.6) is 0 Å². The molecule has 0 atom stereocenters. The standard InChI is InChI=1S/C24H22N2O3S/c27-24(25-23-10-5-4-9-22(23)20-7-2-1-3-8-20)16-13-19-11-14-21(15-12-19)26-17-6-18-30(26,28)29/h1-5,7-16H,6,17-18H2,(H,25,27). The van der Waals surface area contributed by atoms with Crippen LogP contribution in [-0.4, -0.2) is 26.6 Å². The summed E-state index contributed by atoms with van der Waals surface area (Å²) in [6, 6.07) is 24.7. The molecule has 4 rings (SSSR count). The lowest BCUT2D eigenvalue weighted by Crippen LogP contribution is -2.24. The van der Waals surface area contributed by atoms with Crippen LogP contribution in [0, 0.1) is 0 Å². The van der Waals surface area contributed by atoms with Gasteiger partial charge in [-0.25, -0.2) is 8.42 Å². The Kier molecular flexibility index (Phi) is 5.68. The van der Waals surface area contributed by atoms with Crippen LogP contribution >= 0.6 is 0 Å². The van der Waals surface area contributed by atoms with E-state index in [9.17, 15) is 13.2 Å². The minimum absolute atomic E-state index is 0.194. The molecule has 0 aliphatic carbocycles. The summed E-state index contributed by atoms with van der Waals surface area (Å²) in [5.74, 6) is -0.0381. The van der Waals surface area contributed by atoms with Crippen LogP contribution in [0.1, 0.15) is 12.0 Å². The Labute approximate surface area is 176 Å². The van der Waals surface area contributed by atoms with Crippen molar-refractivity contribution >= 4 is 33.4 Å². The molecule has 1 fully saturated rings. The average Bonchev–Trinajstić information content (AvgIpc) is 3.12. The Balaban J connectivity index is 1.45. The number of carbonyl (C=O) groups is 1. The van der Waals surface area contributed by atoms with Crippen molar-refractivity contribution in [3.8, 4) is 11.1 Å². The number of anilines is 2. The second-order valence-electron chi connectivity index (χ2n) is 7.07. The van der Waals surface area contributed by atoms with Gasteiger partial charge in [0.2, 0.25) is 15.9 Å². The maximum atomic E-state index is 12.4. The number of benzene rings is 3. The van der Waals surface area contributed by atoms with E-state index >= 15 is 0 Å². The lowest BCUT2D eigenvalue weighted by Gasteiger charge is -2.16. The van der Waals surface area contributed by atoms with E-state index in [-0.39, 0.29) is 11.7 Å². The minimum atomic E-state index is -3.19. The Bertz CT molecular complexity index is 1170. The third-order valence-electron chi connectivity index (χ3n) is 4.98. The van der Waals surface area contributed by atoms with Gasteiger partial charge in [0.05, 0.1) is 11.4 Å². The van der Waals surface area contributed by atoms with Crippen LogP contribution in [0.4, 0.5) is 11.4 Å². The maximum Gasteiger partial charge on any atom is 0.248 e. The van der Waals surface area contributed by atoms with Crippen molar-refractivity contribution in [2.24, 2.45) is 0 Å². The average molecular weight is 419 g/mol. The molecule has 3 aromatic rings. The highest BCUT2D eigenvalue weighted by atomic mass is 32.2. The molecule has 1 saturated heterocycles. The second kappa shape index (κ2) is 8.55. The molecular formula is C24H22N2O3S. The van der Waals surface area contributed by atoms with Gasteiger partial charge in [-0.3, -0.25) is 9.10 Å². The van der Waals surface area contributed by atoms with E-state index in [4.69, 9.17) is 0 Å². The van der Waals surface area contributed by atoms with Crippen LogP contribution in [0.2, 0.25) is 0 Å². The van der Waals surface area contributed by atoms with Gasteiger partial charge in [-0.15, -0.1) is 0 Å². The van der Waals surface area contributed by atoms with Gasteiger partial charge in [0.1, 0.15) is 0 Å². The van der Waals surface area contributed by atoms with Gasteiger partial charge >= 0.3 is 0 Å². The van der Waals surface area contributed by atoms with Gasteiger partial charge in [-0.05, 0) is 41.8 Å². The molecule has 5 nitrogen and oxygen atoms in total. The largest absolute Gasteiger partial charge is 0.322 e. The van der Waals surface area contributed by atoms with E-state index in [0.29, 0.717) is 18.7 Å². The van der Waals surface area contributed by atoms with Crippen LogP contribution in [0.3, 0.4) is 0 Å². The van der Waals surface area contributed by atoms with E-state index in [1.807, 2.05) is 66.7 Å². The Morgan fingerprint density at radius 3 is 2.30 bits per heavy atom. The summed E-state index contributed by atoms with van der Waals surface area (Å²) < 4.78 is 25.5. The first-order valence-corrected chi connectivity index (χ1v) is 11.4. The van der Waals surface area contributed by atoms with E-state index in [1.165, 1.54) is 10.4 Å². The quantitative estimate of drug-likeness (QED) is 0.619. The number of nitrogens with zero attached hydrogens (tertiary/aromatic N) is 1. The fraction of sp³-hybridized carbons (Fsp3) is 0.125. The first-order chi connectivity index (χ1) is 14.5. The van der Waals surface area contributed by atoms with Gasteiger partial charge in [0.15, 0.2) is 0 Å². The number of rotatable bonds is 5. The Morgan fingerprint density at radius 1 is 0.900 bits per heavy atom. The second-order valence-corrected chi connectivity index (χ2v) is 9.08. The lowest BCUT2D eigenvalue weighted by atomic mass is 10.0. The molecule has 0 spiro atoms. The summed E-state index contributed by atoms with van der Waals surface area (Å²) in [6.07, 6.45) is 3.83. The first kappa shape index (κ1) is 19.9. The molecule has 1 heterocycles. The summed E-state index contributed by atoms with van der Waals surface area (Å²) in [7, 11) is -3.19. The molecule has 1 aliphatic rings. The highest BCUT2D eigenvalue weighted by Crippen LogP contribution is 2.28. The van der Waals surface area contributed by atoms with E-state index in [0.717, 1.165) is 22.4 Å². The predicted molar refractivity (Wildman–Crippen MR) is 122 cm³/mol. The highest BCUT2D eigenvalue weighted by molar-refractivity contribution is 7.93. The molecule has 0 unspecified atom stereocenters. The number of carbonyl (C=O) groups excluding carboxylic acids is 1. The molecule has 0 radical (unpaired) electrons. The number of hydrogen-bond donors (Lipinski definition) is 1. The highest BCUT2D eigenvalue weighted by Gasteiger charge is 2.28. The number of nitrogens with one attached hydrogen (secondary N) is 1. The third kappa shape index (κ3) is 4.44. The van der Waals surface area contributed by atoms with E-state index in [2.05, 4.69) is 5.32 Å². The first-order valence-electron chi connectivity index (χ1n) is 9.77. The van der Waals surface area contributed by atoms with Gasteiger partial charge in [0, 0.05) is 23.9 Å². The molecule has 30 heavy (non-hydrogen) atoms. The SMILES string of the molecule is O=C(C=Cc1ccc(N2CCCS2(=O)=O)cc1)Nc1ccccc1-c1ccccc1. The van der Waals surface area contributed by atoms with Crippen LogP contribution in [-0.2, 0) is 14.8 Å². The molecule has 0 bridgehead atoms. The molecule has 0 aromatic heterocycles. The number of amides is 1. The number of para-hydroxylation sites is 1. The van der Waals surface area contributed by atoms with Crippen molar-refractivity contribution in [1.29, 1.82) is 0 Å². The summed E-state index contributed by atoms with van der Waals surface area (Å²) in [6.45, 7) is 0.515. The van der Waals surface area contributed by atoms with Gasteiger partial charge in [-0.1, -0.05) is 60.7 Å². The monoisotopic (exact) mass is 418 g/mol. The smallest absolute Gasteiger partial charge is 0.248 e. The predicted octanol–water partition coefficient (Wildman–Crippen LogP) is 4.55. The van der Waals surface area contributed by atoms with Crippen LogP contribution in [0.15, 0.2) is 84.9 Å². The van der Waals surface area contributed by atoms with Gasteiger partial charge in [0.25, 0.3) is 0 Å². The van der Waals surface area contributed by atoms with Crippen LogP contribution < -0.4 is 9.62 Å². The van der Waals surface area contributed by atoms with E-state index < -0.39 is 10.0 Å². The summed E-state index contributed by atoms with van der Waals surface area (Å²) in [4.78, 5) is 12.4. The summed E-state index contributed by atoms with van der Waals surface area (Å²) >= 11 is 0. The Morgan fingerprint density at radius 2 is 1.60 bits per heavy atom. The van der Waals surface area contributed by atoms with Crippen molar-refractivity contribution in [3.63, 3.8) is 0 Å². The number of sulfonamides is 1. The molecule has 6 heteroatoms. The van der Waals surface area contributed by atoms with Crippen LogP contribution in [0.25, 0.3) is 17.2 Å². The van der Waals surface area contributed by atoms with Gasteiger partial charge < -0.3 is 5.32 Å². The normalized spacial score (nSPS) is 15.4. The van der Waals surface area contributed by atoms with Crippen molar-refractivity contribution in [2.75, 3.05) is 21.9 Å². The fourth-order valence-corrected chi connectivity index (χ4v) is 5.05. The zero-order valence-electron chi connectivity index (χ0n) is 16.4. The molecule has 1 aliphatic heterocycles. The van der Waals surface area contributed by atoms with E-state index in [1.54, 1.807) is 18.2 Å². The molecular weight excluding hydrogens is 396 g/mol. The molecule has 1 amide bonds. The zero-order chi connectivity index (χ0) is 21.0. The Hall–Kier alpha value is -3.38. The van der Waals surface area contributed by atoms with Crippen molar-refractivity contribution in [1.82, 2.24) is 0 Å². The van der Waals surface area contributed by atoms with Crippen molar-refractivity contribution in [3.05, 3.63) is 90.5 Å².